The van der Waals surface area contributed by atoms with Gasteiger partial charge in [0.25, 0.3) is 0 Å². The topological polar surface area (TPSA) is 54.9 Å². The molecule has 25 heavy (non-hydrogen) atoms. The second-order valence-electron chi connectivity index (χ2n) is 5.27. The second kappa shape index (κ2) is 12.5. The van der Waals surface area contributed by atoms with E-state index >= 15 is 0 Å². The maximum atomic E-state index is 5.65. The van der Waals surface area contributed by atoms with Gasteiger partial charge in [0.1, 0.15) is 12.4 Å². The van der Waals surface area contributed by atoms with E-state index in [0.717, 1.165) is 17.3 Å². The van der Waals surface area contributed by atoms with E-state index in [1.54, 1.807) is 14.2 Å². The van der Waals surface area contributed by atoms with Crippen LogP contribution in [-0.4, -0.2) is 33.3 Å². The first-order valence-electron chi connectivity index (χ1n) is 8.01. The number of halogens is 1. The monoisotopic (exact) mass is 455 g/mol. The van der Waals surface area contributed by atoms with Crippen molar-refractivity contribution in [3.8, 4) is 5.75 Å². The summed E-state index contributed by atoms with van der Waals surface area (Å²) < 4.78 is 10.8. The second-order valence-corrected chi connectivity index (χ2v) is 5.27. The average Bonchev–Trinajstić information content (AvgIpc) is 2.63. The lowest BCUT2D eigenvalue weighted by Gasteiger charge is -2.13. The van der Waals surface area contributed by atoms with Gasteiger partial charge in [-0.25, -0.2) is 0 Å². The Labute approximate surface area is 166 Å². The number of hydrogen-bond donors (Lipinski definition) is 2. The molecule has 2 N–H and O–H groups in total. The van der Waals surface area contributed by atoms with Crippen LogP contribution in [0.3, 0.4) is 0 Å². The number of ether oxygens (including phenoxy) is 2. The van der Waals surface area contributed by atoms with Crippen molar-refractivity contribution in [2.24, 2.45) is 4.99 Å². The summed E-state index contributed by atoms with van der Waals surface area (Å²) in [5.74, 6) is 1.63. The lowest BCUT2D eigenvalue weighted by molar-refractivity contribution is 0.185. The molecule has 2 rings (SSSR count). The van der Waals surface area contributed by atoms with Gasteiger partial charge in [-0.2, -0.15) is 0 Å². The van der Waals surface area contributed by atoms with E-state index < -0.39 is 0 Å². The zero-order valence-corrected chi connectivity index (χ0v) is 17.0. The van der Waals surface area contributed by atoms with Crippen LogP contribution in [0.1, 0.15) is 11.1 Å². The fraction of sp³-hybridized carbons (Fsp3) is 0.316. The Morgan fingerprint density at radius 2 is 1.76 bits per heavy atom. The third-order valence-electron chi connectivity index (χ3n) is 3.39. The highest BCUT2D eigenvalue weighted by molar-refractivity contribution is 14.0. The molecule has 136 valence electrons. The van der Waals surface area contributed by atoms with Crippen LogP contribution in [0, 0.1) is 0 Å². The smallest absolute Gasteiger partial charge is 0.191 e. The van der Waals surface area contributed by atoms with Gasteiger partial charge in [-0.15, -0.1) is 24.0 Å². The van der Waals surface area contributed by atoms with Gasteiger partial charge >= 0.3 is 0 Å². The summed E-state index contributed by atoms with van der Waals surface area (Å²) in [6.45, 7) is 2.58. The van der Waals surface area contributed by atoms with Crippen LogP contribution in [0.4, 0.5) is 0 Å². The van der Waals surface area contributed by atoms with Crippen LogP contribution in [0.25, 0.3) is 0 Å². The van der Waals surface area contributed by atoms with E-state index in [9.17, 15) is 0 Å². The molecular formula is C19H26IN3O2. The molecule has 0 spiro atoms. The van der Waals surface area contributed by atoms with Crippen molar-refractivity contribution in [3.05, 3.63) is 65.7 Å². The number of nitrogens with zero attached hydrogens (tertiary/aromatic N) is 1. The van der Waals surface area contributed by atoms with Gasteiger partial charge in [-0.05, 0) is 23.3 Å². The molecule has 0 heterocycles. The highest BCUT2D eigenvalue weighted by Gasteiger charge is 2.00. The molecule has 0 saturated carbocycles. The Morgan fingerprint density at radius 1 is 1.00 bits per heavy atom. The Kier molecular flexibility index (Phi) is 10.7. The first-order valence-corrected chi connectivity index (χ1v) is 8.01. The Morgan fingerprint density at radius 3 is 2.48 bits per heavy atom. The van der Waals surface area contributed by atoms with Crippen molar-refractivity contribution in [1.82, 2.24) is 10.6 Å². The molecule has 6 heteroatoms. The third kappa shape index (κ3) is 8.22. The van der Waals surface area contributed by atoms with Crippen LogP contribution >= 0.6 is 24.0 Å². The van der Waals surface area contributed by atoms with Gasteiger partial charge in [0, 0.05) is 20.7 Å². The molecule has 0 unspecified atom stereocenters. The van der Waals surface area contributed by atoms with Crippen LogP contribution in [0.5, 0.6) is 5.75 Å². The summed E-state index contributed by atoms with van der Waals surface area (Å²) in [5, 5.41) is 6.54. The minimum absolute atomic E-state index is 0. The van der Waals surface area contributed by atoms with E-state index in [1.807, 2.05) is 36.4 Å². The van der Waals surface area contributed by atoms with E-state index in [0.29, 0.717) is 26.3 Å². The van der Waals surface area contributed by atoms with Gasteiger partial charge in [-0.3, -0.25) is 4.99 Å². The minimum Gasteiger partial charge on any atom is -0.492 e. The molecule has 0 aliphatic carbocycles. The molecule has 0 radical (unpaired) electrons. The quantitative estimate of drug-likeness (QED) is 0.278. The highest BCUT2D eigenvalue weighted by Crippen LogP contribution is 2.07. The number of aliphatic imine (C=N–C) groups is 1. The van der Waals surface area contributed by atoms with Gasteiger partial charge in [0.15, 0.2) is 5.96 Å². The lowest BCUT2D eigenvalue weighted by atomic mass is 10.1. The van der Waals surface area contributed by atoms with Crippen LogP contribution in [0.2, 0.25) is 0 Å². The van der Waals surface area contributed by atoms with Crippen molar-refractivity contribution in [2.45, 2.75) is 13.2 Å². The summed E-state index contributed by atoms with van der Waals surface area (Å²) in [7, 11) is 3.46. The summed E-state index contributed by atoms with van der Waals surface area (Å²) in [6.07, 6.45) is 0. The van der Waals surface area contributed by atoms with Crippen LogP contribution in [0.15, 0.2) is 59.6 Å². The SMILES string of the molecule is CN=C(NCCOc1ccccc1)NCc1cccc(COC)c1.I. The largest absolute Gasteiger partial charge is 0.492 e. The maximum absolute atomic E-state index is 5.65. The predicted octanol–water partition coefficient (Wildman–Crippen LogP) is 3.20. The highest BCUT2D eigenvalue weighted by atomic mass is 127. The van der Waals surface area contributed by atoms with Crippen LogP contribution in [-0.2, 0) is 17.9 Å². The summed E-state index contributed by atoms with van der Waals surface area (Å²) in [4.78, 5) is 4.22. The zero-order valence-electron chi connectivity index (χ0n) is 14.7. The normalized spacial score (nSPS) is 10.7. The summed E-state index contributed by atoms with van der Waals surface area (Å²) in [6, 6.07) is 18.1. The first-order chi connectivity index (χ1) is 11.8. The first kappa shape index (κ1) is 21.2. The van der Waals surface area contributed by atoms with E-state index in [-0.39, 0.29) is 24.0 Å². The molecule has 0 aliphatic rings. The molecule has 5 nitrogen and oxygen atoms in total. The van der Waals surface area contributed by atoms with E-state index in [4.69, 9.17) is 9.47 Å². The number of nitrogens with one attached hydrogen (secondary N) is 2. The number of rotatable bonds is 8. The molecule has 2 aromatic carbocycles. The van der Waals surface area contributed by atoms with Gasteiger partial charge in [0.05, 0.1) is 13.2 Å². The Hall–Kier alpha value is -1.80. The van der Waals surface area contributed by atoms with Gasteiger partial charge in [0.2, 0.25) is 0 Å². The van der Waals surface area contributed by atoms with Crippen molar-refractivity contribution in [2.75, 3.05) is 27.3 Å². The molecule has 0 aromatic heterocycles. The lowest BCUT2D eigenvalue weighted by Crippen LogP contribution is -2.38. The van der Waals surface area contributed by atoms with Gasteiger partial charge < -0.3 is 20.1 Å². The standard InChI is InChI=1S/C19H25N3O2.HI/c1-20-19(21-11-12-24-18-9-4-3-5-10-18)22-14-16-7-6-8-17(13-16)15-23-2;/h3-10,13H,11-12,14-15H2,1-2H3,(H2,20,21,22);1H. The summed E-state index contributed by atoms with van der Waals surface area (Å²) in [5.41, 5.74) is 2.35. The fourth-order valence-electron chi connectivity index (χ4n) is 2.26. The van der Waals surface area contributed by atoms with Gasteiger partial charge in [-0.1, -0.05) is 42.5 Å². The predicted molar refractivity (Wildman–Crippen MR) is 113 cm³/mol. The fourth-order valence-corrected chi connectivity index (χ4v) is 2.26. The molecule has 0 aliphatic heterocycles. The van der Waals surface area contributed by atoms with Crippen LogP contribution < -0.4 is 15.4 Å². The van der Waals surface area contributed by atoms with Crippen molar-refractivity contribution >= 4 is 29.9 Å². The summed E-state index contributed by atoms with van der Waals surface area (Å²) >= 11 is 0. The third-order valence-corrected chi connectivity index (χ3v) is 3.39. The van der Waals surface area contributed by atoms with E-state index in [2.05, 4.69) is 33.8 Å². The number of methoxy groups -OCH3 is 1. The zero-order chi connectivity index (χ0) is 17.0. The molecule has 2 aromatic rings. The molecule has 0 fully saturated rings. The molecule has 0 bridgehead atoms. The average molecular weight is 455 g/mol. The van der Waals surface area contributed by atoms with Crippen molar-refractivity contribution in [3.63, 3.8) is 0 Å². The minimum atomic E-state index is 0. The molecular weight excluding hydrogens is 429 g/mol. The number of benzene rings is 2. The Balaban J connectivity index is 0.00000312. The number of hydrogen-bond acceptors (Lipinski definition) is 3. The van der Waals surface area contributed by atoms with Crippen molar-refractivity contribution < 1.29 is 9.47 Å². The molecule has 0 amide bonds. The van der Waals surface area contributed by atoms with Crippen molar-refractivity contribution in [1.29, 1.82) is 0 Å². The molecule has 0 atom stereocenters. The van der Waals surface area contributed by atoms with E-state index in [1.165, 1.54) is 5.56 Å². The maximum Gasteiger partial charge on any atom is 0.191 e. The number of guanidine groups is 1. The molecule has 0 saturated heterocycles. The Bertz CT molecular complexity index is 636. The number of para-hydroxylation sites is 1.